The molecule has 1 heterocycles. The zero-order valence-electron chi connectivity index (χ0n) is 12.0. The lowest BCUT2D eigenvalue weighted by Crippen LogP contribution is -2.14. The highest BCUT2D eigenvalue weighted by molar-refractivity contribution is 5.91. The maximum Gasteiger partial charge on any atom is 0.230 e. The molecule has 3 rings (SSSR count). The van der Waals surface area contributed by atoms with Crippen LogP contribution < -0.4 is 5.32 Å². The monoisotopic (exact) mass is 292 g/mol. The van der Waals surface area contributed by atoms with E-state index >= 15 is 0 Å². The lowest BCUT2D eigenvalue weighted by atomic mass is 10.1. The van der Waals surface area contributed by atoms with Crippen LogP contribution in [0.25, 0.3) is 0 Å². The minimum atomic E-state index is -0.106. The fraction of sp³-hybridized carbons (Fsp3) is 0.111. The average Bonchev–Trinajstić information content (AvgIpc) is 2.96. The summed E-state index contributed by atoms with van der Waals surface area (Å²) in [7, 11) is 0. The Bertz CT molecular complexity index is 736. The summed E-state index contributed by atoms with van der Waals surface area (Å²) in [4.78, 5) is 16.2. The van der Waals surface area contributed by atoms with Crippen molar-refractivity contribution in [3.63, 3.8) is 0 Å². The molecule has 22 heavy (non-hydrogen) atoms. The van der Waals surface area contributed by atoms with Crippen LogP contribution in [0.1, 0.15) is 17.0 Å². The molecule has 0 saturated heterocycles. The number of hydrogen-bond acceptors (Lipinski definition) is 3. The lowest BCUT2D eigenvalue weighted by Gasteiger charge is -2.01. The molecule has 1 amide bonds. The van der Waals surface area contributed by atoms with E-state index in [-0.39, 0.29) is 5.91 Å². The van der Waals surface area contributed by atoms with Crippen molar-refractivity contribution in [2.75, 3.05) is 5.32 Å². The van der Waals surface area contributed by atoms with Gasteiger partial charge in [-0.15, -0.1) is 0 Å². The number of anilines is 1. The van der Waals surface area contributed by atoms with Gasteiger partial charge in [-0.2, -0.15) is 4.98 Å². The second-order valence-corrected chi connectivity index (χ2v) is 5.00. The molecule has 1 aromatic heterocycles. The molecule has 4 heteroatoms. The molecule has 0 unspecified atom stereocenters. The number of aromatic nitrogens is 1. The molecule has 1 N–H and O–H groups in total. The maximum absolute atomic E-state index is 12.0. The normalized spacial score (nSPS) is 10.4. The van der Waals surface area contributed by atoms with E-state index in [1.807, 2.05) is 60.7 Å². The third-order valence-corrected chi connectivity index (χ3v) is 3.22. The summed E-state index contributed by atoms with van der Waals surface area (Å²) in [5.74, 6) is 0.929. The summed E-state index contributed by atoms with van der Waals surface area (Å²) in [5.41, 5.74) is 2.08. The van der Waals surface area contributed by atoms with Crippen LogP contribution in [0.15, 0.2) is 71.3 Å². The Hall–Kier alpha value is -2.88. The third kappa shape index (κ3) is 3.82. The number of benzene rings is 2. The van der Waals surface area contributed by atoms with Gasteiger partial charge in [-0.1, -0.05) is 60.7 Å². The molecule has 0 fully saturated rings. The van der Waals surface area contributed by atoms with Gasteiger partial charge < -0.3 is 9.73 Å². The quantitative estimate of drug-likeness (QED) is 0.783. The zero-order chi connectivity index (χ0) is 15.2. The van der Waals surface area contributed by atoms with Gasteiger partial charge in [0.15, 0.2) is 11.7 Å². The summed E-state index contributed by atoms with van der Waals surface area (Å²) in [5, 5.41) is 2.75. The van der Waals surface area contributed by atoms with Crippen LogP contribution in [0.5, 0.6) is 0 Å². The summed E-state index contributed by atoms with van der Waals surface area (Å²) < 4.78 is 5.39. The van der Waals surface area contributed by atoms with Gasteiger partial charge in [0.2, 0.25) is 5.91 Å². The van der Waals surface area contributed by atoms with E-state index in [1.165, 1.54) is 6.26 Å². The van der Waals surface area contributed by atoms with Crippen molar-refractivity contribution in [2.45, 2.75) is 12.8 Å². The van der Waals surface area contributed by atoms with Crippen molar-refractivity contribution in [1.29, 1.82) is 0 Å². The molecule has 0 radical (unpaired) electrons. The van der Waals surface area contributed by atoms with Crippen LogP contribution in [0.4, 0.5) is 5.82 Å². The average molecular weight is 292 g/mol. The van der Waals surface area contributed by atoms with Crippen LogP contribution in [-0.4, -0.2) is 10.9 Å². The predicted octanol–water partition coefficient (Wildman–Crippen LogP) is 3.45. The van der Waals surface area contributed by atoms with E-state index in [9.17, 15) is 4.79 Å². The number of carbonyl (C=O) groups excluding carboxylic acids is 1. The van der Waals surface area contributed by atoms with Crippen molar-refractivity contribution in [3.05, 3.63) is 83.9 Å². The highest BCUT2D eigenvalue weighted by Crippen LogP contribution is 2.12. The number of nitrogens with one attached hydrogen (secondary N) is 1. The third-order valence-electron chi connectivity index (χ3n) is 3.22. The number of hydrogen-bond donors (Lipinski definition) is 1. The summed E-state index contributed by atoms with van der Waals surface area (Å²) in [6, 6.07) is 19.5. The van der Waals surface area contributed by atoms with Crippen LogP contribution in [0.2, 0.25) is 0 Å². The van der Waals surface area contributed by atoms with E-state index in [1.54, 1.807) is 0 Å². The van der Waals surface area contributed by atoms with E-state index in [4.69, 9.17) is 4.42 Å². The van der Waals surface area contributed by atoms with E-state index in [2.05, 4.69) is 10.3 Å². The van der Waals surface area contributed by atoms with Crippen molar-refractivity contribution in [2.24, 2.45) is 0 Å². The van der Waals surface area contributed by atoms with Gasteiger partial charge in [-0.3, -0.25) is 4.79 Å². The molecular weight excluding hydrogens is 276 g/mol. The van der Waals surface area contributed by atoms with Gasteiger partial charge in [0.1, 0.15) is 6.26 Å². The second-order valence-electron chi connectivity index (χ2n) is 5.00. The molecule has 0 aliphatic rings. The number of carbonyl (C=O) groups is 1. The van der Waals surface area contributed by atoms with Crippen LogP contribution >= 0.6 is 0 Å². The van der Waals surface area contributed by atoms with Gasteiger partial charge in [-0.05, 0) is 11.1 Å². The fourth-order valence-corrected chi connectivity index (χ4v) is 2.19. The Labute approximate surface area is 128 Å². The van der Waals surface area contributed by atoms with Crippen LogP contribution in [-0.2, 0) is 17.6 Å². The molecule has 0 aliphatic heterocycles. The van der Waals surface area contributed by atoms with Gasteiger partial charge >= 0.3 is 0 Å². The zero-order valence-corrected chi connectivity index (χ0v) is 12.0. The minimum Gasteiger partial charge on any atom is -0.446 e. The highest BCUT2D eigenvalue weighted by atomic mass is 16.3. The Morgan fingerprint density at radius 3 is 2.27 bits per heavy atom. The number of oxazole rings is 1. The molecule has 0 aliphatic carbocycles. The SMILES string of the molecule is O=C(Cc1ccccc1)Nc1coc(Cc2ccccc2)n1. The Morgan fingerprint density at radius 1 is 0.955 bits per heavy atom. The first-order chi connectivity index (χ1) is 10.8. The van der Waals surface area contributed by atoms with Gasteiger partial charge in [-0.25, -0.2) is 0 Å². The Morgan fingerprint density at radius 2 is 1.59 bits per heavy atom. The Kier molecular flexibility index (Phi) is 4.30. The van der Waals surface area contributed by atoms with Crippen molar-refractivity contribution in [1.82, 2.24) is 4.98 Å². The first-order valence-electron chi connectivity index (χ1n) is 7.12. The number of nitrogens with zero attached hydrogens (tertiary/aromatic N) is 1. The van der Waals surface area contributed by atoms with Crippen molar-refractivity contribution >= 4 is 11.7 Å². The van der Waals surface area contributed by atoms with Crippen molar-refractivity contribution < 1.29 is 9.21 Å². The summed E-state index contributed by atoms with van der Waals surface area (Å²) in [6.45, 7) is 0. The molecule has 4 nitrogen and oxygen atoms in total. The predicted molar refractivity (Wildman–Crippen MR) is 84.5 cm³/mol. The van der Waals surface area contributed by atoms with E-state index in [0.717, 1.165) is 11.1 Å². The molecule has 2 aromatic carbocycles. The largest absolute Gasteiger partial charge is 0.446 e. The molecule has 0 bridgehead atoms. The molecular formula is C18H16N2O2. The van der Waals surface area contributed by atoms with E-state index in [0.29, 0.717) is 24.6 Å². The van der Waals surface area contributed by atoms with Crippen molar-refractivity contribution in [3.8, 4) is 0 Å². The van der Waals surface area contributed by atoms with Crippen LogP contribution in [0, 0.1) is 0 Å². The maximum atomic E-state index is 12.0. The lowest BCUT2D eigenvalue weighted by molar-refractivity contribution is -0.115. The molecule has 0 atom stereocenters. The highest BCUT2D eigenvalue weighted by Gasteiger charge is 2.09. The number of rotatable bonds is 5. The van der Waals surface area contributed by atoms with Crippen LogP contribution in [0.3, 0.4) is 0 Å². The van der Waals surface area contributed by atoms with Gasteiger partial charge in [0.05, 0.1) is 6.42 Å². The minimum absolute atomic E-state index is 0.106. The molecule has 0 spiro atoms. The second kappa shape index (κ2) is 6.72. The molecule has 0 saturated carbocycles. The molecule has 110 valence electrons. The molecule has 3 aromatic rings. The smallest absolute Gasteiger partial charge is 0.230 e. The topological polar surface area (TPSA) is 55.1 Å². The summed E-state index contributed by atoms with van der Waals surface area (Å²) >= 11 is 0. The fourth-order valence-electron chi connectivity index (χ4n) is 2.19. The summed E-state index contributed by atoms with van der Waals surface area (Å²) in [6.07, 6.45) is 2.40. The first kappa shape index (κ1) is 14.1. The van der Waals surface area contributed by atoms with E-state index < -0.39 is 0 Å². The standard InChI is InChI=1S/C18H16N2O2/c21-17(11-14-7-3-1-4-8-14)19-16-13-22-18(20-16)12-15-9-5-2-6-10-15/h1-10,13H,11-12H2,(H,19,21). The van der Waals surface area contributed by atoms with Gasteiger partial charge in [0, 0.05) is 6.42 Å². The number of amides is 1. The Balaban J connectivity index is 1.58. The van der Waals surface area contributed by atoms with Gasteiger partial charge in [0.25, 0.3) is 0 Å². The first-order valence-corrected chi connectivity index (χ1v) is 7.12.